The summed E-state index contributed by atoms with van der Waals surface area (Å²) in [5.74, 6) is 2.57. The van der Waals surface area contributed by atoms with Gasteiger partial charge in [0.25, 0.3) is 0 Å². The molecule has 1 fully saturated rings. The largest absolute Gasteiger partial charge is 0.368 e. The van der Waals surface area contributed by atoms with Crippen LogP contribution in [0.15, 0.2) is 17.8 Å². The predicted molar refractivity (Wildman–Crippen MR) is 88.6 cm³/mol. The molecule has 1 N–H and O–H groups in total. The second-order valence-corrected chi connectivity index (χ2v) is 8.84. The van der Waals surface area contributed by atoms with Crippen molar-refractivity contribution in [3.8, 4) is 0 Å². The minimum atomic E-state index is -3.18. The van der Waals surface area contributed by atoms with Gasteiger partial charge in [-0.15, -0.1) is 11.3 Å². The van der Waals surface area contributed by atoms with Crippen LogP contribution < -0.4 is 5.32 Å². The smallest absolute Gasteiger partial charge is 0.215 e. The lowest BCUT2D eigenvalue weighted by Crippen LogP contribution is -2.40. The molecule has 1 saturated heterocycles. The van der Waals surface area contributed by atoms with Crippen LogP contribution in [0.5, 0.6) is 0 Å². The first-order valence-electron chi connectivity index (χ1n) is 6.64. The summed E-state index contributed by atoms with van der Waals surface area (Å²) in [7, 11) is -3.18. The van der Waals surface area contributed by atoms with Gasteiger partial charge in [0.2, 0.25) is 10.0 Å². The van der Waals surface area contributed by atoms with Gasteiger partial charge in [0, 0.05) is 31.1 Å². The summed E-state index contributed by atoms with van der Waals surface area (Å²) in [5, 5.41) is 5.07. The summed E-state index contributed by atoms with van der Waals surface area (Å²) in [4.78, 5) is 8.35. The number of nitrogens with zero attached hydrogens (tertiary/aromatic N) is 3. The highest BCUT2D eigenvalue weighted by atomic mass is 32.2. The van der Waals surface area contributed by atoms with E-state index in [1.54, 1.807) is 27.4 Å². The van der Waals surface area contributed by atoms with Crippen molar-refractivity contribution in [2.24, 2.45) is 0 Å². The topological polar surface area (TPSA) is 75.2 Å². The number of hydrogen-bond acceptors (Lipinski definition) is 7. The highest BCUT2D eigenvalue weighted by Gasteiger charge is 2.23. The maximum Gasteiger partial charge on any atom is 0.215 e. The van der Waals surface area contributed by atoms with Crippen molar-refractivity contribution in [1.82, 2.24) is 14.3 Å². The van der Waals surface area contributed by atoms with Crippen molar-refractivity contribution >= 4 is 49.2 Å². The van der Waals surface area contributed by atoms with E-state index in [0.717, 1.165) is 21.7 Å². The molecule has 114 valence electrons. The van der Waals surface area contributed by atoms with Crippen molar-refractivity contribution in [3.05, 3.63) is 17.8 Å². The second kappa shape index (κ2) is 6.47. The van der Waals surface area contributed by atoms with Gasteiger partial charge in [-0.3, -0.25) is 0 Å². The molecule has 0 amide bonds. The van der Waals surface area contributed by atoms with Crippen LogP contribution in [0.4, 0.5) is 5.82 Å². The van der Waals surface area contributed by atoms with Crippen molar-refractivity contribution in [2.75, 3.05) is 42.2 Å². The highest BCUT2D eigenvalue weighted by Crippen LogP contribution is 2.24. The predicted octanol–water partition coefficient (Wildman–Crippen LogP) is 1.48. The van der Waals surface area contributed by atoms with Crippen LogP contribution >= 0.6 is 23.1 Å². The molecule has 0 bridgehead atoms. The van der Waals surface area contributed by atoms with Gasteiger partial charge >= 0.3 is 0 Å². The molecule has 0 spiro atoms. The average Bonchev–Trinajstić information content (AvgIpc) is 2.97. The zero-order valence-electron chi connectivity index (χ0n) is 11.4. The average molecular weight is 344 g/mol. The van der Waals surface area contributed by atoms with Crippen molar-refractivity contribution in [1.29, 1.82) is 0 Å². The summed E-state index contributed by atoms with van der Waals surface area (Å²) >= 11 is 3.35. The summed E-state index contributed by atoms with van der Waals surface area (Å²) in [6.07, 6.45) is 1.49. The molecule has 2 aromatic heterocycles. The normalized spacial score (nSPS) is 17.1. The molecule has 1 aliphatic heterocycles. The maximum atomic E-state index is 12.2. The van der Waals surface area contributed by atoms with Crippen LogP contribution in [0.1, 0.15) is 0 Å². The zero-order valence-corrected chi connectivity index (χ0v) is 13.8. The summed E-state index contributed by atoms with van der Waals surface area (Å²) in [6.45, 7) is 1.60. The Balaban J connectivity index is 1.61. The first-order valence-corrected chi connectivity index (χ1v) is 10.3. The fourth-order valence-corrected chi connectivity index (χ4v) is 5.47. The lowest BCUT2D eigenvalue weighted by molar-refractivity contribution is 0.444. The minimum Gasteiger partial charge on any atom is -0.368 e. The summed E-state index contributed by atoms with van der Waals surface area (Å²) < 4.78 is 27.0. The van der Waals surface area contributed by atoms with Gasteiger partial charge < -0.3 is 5.32 Å². The number of nitrogens with one attached hydrogen (secondary N) is 1. The third-order valence-corrected chi connectivity index (χ3v) is 6.98. The van der Waals surface area contributed by atoms with Crippen LogP contribution in [0.2, 0.25) is 0 Å². The second-order valence-electron chi connectivity index (χ2n) is 4.61. The van der Waals surface area contributed by atoms with Crippen LogP contribution in [0.25, 0.3) is 10.2 Å². The third-order valence-electron chi connectivity index (χ3n) is 3.26. The molecule has 6 nitrogen and oxygen atoms in total. The first kappa shape index (κ1) is 15.0. The Morgan fingerprint density at radius 2 is 2.10 bits per heavy atom. The number of thiophene rings is 1. The Labute approximate surface area is 132 Å². The van der Waals surface area contributed by atoms with Crippen molar-refractivity contribution in [3.63, 3.8) is 0 Å². The number of hydrogen-bond donors (Lipinski definition) is 1. The minimum absolute atomic E-state index is 0.0918. The molecule has 0 radical (unpaired) electrons. The number of thioether (sulfide) groups is 1. The number of fused-ring (bicyclic) bond motifs is 1. The van der Waals surface area contributed by atoms with E-state index in [1.807, 2.05) is 11.4 Å². The van der Waals surface area contributed by atoms with E-state index in [4.69, 9.17) is 0 Å². The molecule has 3 rings (SSSR count). The molecule has 1 aliphatic rings. The molecule has 0 aliphatic carbocycles. The molecule has 21 heavy (non-hydrogen) atoms. The van der Waals surface area contributed by atoms with Gasteiger partial charge in [-0.2, -0.15) is 11.8 Å². The Hall–Kier alpha value is -0.900. The number of aromatic nitrogens is 2. The fourth-order valence-electron chi connectivity index (χ4n) is 2.17. The first-order chi connectivity index (χ1) is 10.2. The van der Waals surface area contributed by atoms with E-state index >= 15 is 0 Å². The lowest BCUT2D eigenvalue weighted by atomic mass is 10.4. The zero-order chi connectivity index (χ0) is 14.7. The third kappa shape index (κ3) is 3.47. The van der Waals surface area contributed by atoms with Crippen molar-refractivity contribution in [2.45, 2.75) is 0 Å². The Bertz CT molecular complexity index is 710. The fraction of sp³-hybridized carbons (Fsp3) is 0.500. The molecular weight excluding hydrogens is 328 g/mol. The van der Waals surface area contributed by atoms with Crippen LogP contribution in [0.3, 0.4) is 0 Å². The van der Waals surface area contributed by atoms with Gasteiger partial charge in [-0.25, -0.2) is 22.7 Å². The maximum absolute atomic E-state index is 12.2. The SMILES string of the molecule is O=S(=O)(CCNc1ncnc2ccsc12)N1CCSCC1. The van der Waals surface area contributed by atoms with Gasteiger partial charge in [-0.05, 0) is 11.4 Å². The van der Waals surface area contributed by atoms with Gasteiger partial charge in [0.05, 0.1) is 16.0 Å². The standard InChI is InChI=1S/C12H16N4O2S3/c17-21(18,16-3-6-19-7-4-16)8-2-13-12-11-10(1-5-20-11)14-9-15-12/h1,5,9H,2-4,6-8H2,(H,13,14,15). The van der Waals surface area contributed by atoms with E-state index in [2.05, 4.69) is 15.3 Å². The quantitative estimate of drug-likeness (QED) is 0.885. The van der Waals surface area contributed by atoms with E-state index in [9.17, 15) is 8.42 Å². The van der Waals surface area contributed by atoms with Crippen LogP contribution in [-0.2, 0) is 10.0 Å². The molecule has 3 heterocycles. The summed E-state index contributed by atoms with van der Waals surface area (Å²) in [5.41, 5.74) is 0.883. The van der Waals surface area contributed by atoms with Gasteiger partial charge in [0.15, 0.2) is 0 Å². The molecular formula is C12H16N4O2S3. The number of anilines is 1. The molecule has 0 saturated carbocycles. The molecule has 0 unspecified atom stereocenters. The van der Waals surface area contributed by atoms with Crippen molar-refractivity contribution < 1.29 is 8.42 Å². The molecule has 0 atom stereocenters. The Kier molecular flexibility index (Phi) is 4.63. The van der Waals surface area contributed by atoms with Gasteiger partial charge in [-0.1, -0.05) is 0 Å². The van der Waals surface area contributed by atoms with E-state index < -0.39 is 10.0 Å². The van der Waals surface area contributed by atoms with Crippen LogP contribution in [0, 0.1) is 0 Å². The van der Waals surface area contributed by atoms with E-state index in [1.165, 1.54) is 6.33 Å². The summed E-state index contributed by atoms with van der Waals surface area (Å²) in [6, 6.07) is 1.93. The van der Waals surface area contributed by atoms with E-state index in [-0.39, 0.29) is 5.75 Å². The molecule has 2 aromatic rings. The Morgan fingerprint density at radius 3 is 2.90 bits per heavy atom. The van der Waals surface area contributed by atoms with Crippen LogP contribution in [-0.4, -0.2) is 59.6 Å². The monoisotopic (exact) mass is 344 g/mol. The Morgan fingerprint density at radius 1 is 1.29 bits per heavy atom. The van der Waals surface area contributed by atoms with Gasteiger partial charge in [0.1, 0.15) is 12.1 Å². The van der Waals surface area contributed by atoms with E-state index in [0.29, 0.717) is 25.5 Å². The number of sulfonamides is 1. The lowest BCUT2D eigenvalue weighted by Gasteiger charge is -2.25. The molecule has 9 heteroatoms. The number of rotatable bonds is 5. The molecule has 0 aromatic carbocycles. The highest BCUT2D eigenvalue weighted by molar-refractivity contribution is 7.99.